The Morgan fingerprint density at radius 1 is 0.900 bits per heavy atom. The molecule has 0 rings (SSSR count). The second-order valence-electron chi connectivity index (χ2n) is 5.99. The van der Waals surface area contributed by atoms with E-state index in [2.05, 4.69) is 6.92 Å². The van der Waals surface area contributed by atoms with Crippen molar-refractivity contribution in [2.24, 2.45) is 11.7 Å². The minimum atomic E-state index is -0.668. The number of hydrogen-bond donors (Lipinski definition) is 2. The number of unbranched alkanes of at least 4 members (excludes halogenated alkanes) is 6. The third kappa shape index (κ3) is 13.9. The zero-order chi connectivity index (χ0) is 15.1. The monoisotopic (exact) mass is 285 g/mol. The predicted molar refractivity (Wildman–Crippen MR) is 85.9 cm³/mol. The highest BCUT2D eigenvalue weighted by Crippen LogP contribution is 2.22. The molecule has 0 saturated heterocycles. The summed E-state index contributed by atoms with van der Waals surface area (Å²) in [4.78, 5) is 10.6. The quantitative estimate of drug-likeness (QED) is 0.427. The Balaban J connectivity index is 3.60. The van der Waals surface area contributed by atoms with Crippen LogP contribution < -0.4 is 5.73 Å². The normalized spacial score (nSPS) is 12.5. The van der Waals surface area contributed by atoms with Gasteiger partial charge in [-0.25, -0.2) is 0 Å². The Morgan fingerprint density at radius 2 is 1.45 bits per heavy atom. The van der Waals surface area contributed by atoms with Crippen molar-refractivity contribution in [1.29, 1.82) is 0 Å². The van der Waals surface area contributed by atoms with Gasteiger partial charge in [0, 0.05) is 6.42 Å². The number of nitrogens with two attached hydrogens (primary N) is 1. The third-order valence-corrected chi connectivity index (χ3v) is 4.04. The molecule has 0 spiro atoms. The molecule has 0 aliphatic rings. The lowest BCUT2D eigenvalue weighted by Crippen LogP contribution is -2.07. The number of rotatable bonds is 15. The Labute approximate surface area is 125 Å². The number of aliphatic carboxylic acids is 1. The summed E-state index contributed by atoms with van der Waals surface area (Å²) < 4.78 is 0. The topological polar surface area (TPSA) is 63.3 Å². The van der Waals surface area contributed by atoms with Crippen LogP contribution in [0.3, 0.4) is 0 Å². The van der Waals surface area contributed by atoms with Crippen LogP contribution in [0.15, 0.2) is 0 Å². The molecule has 120 valence electrons. The van der Waals surface area contributed by atoms with Crippen molar-refractivity contribution < 1.29 is 9.90 Å². The first-order valence-electron chi connectivity index (χ1n) is 8.62. The summed E-state index contributed by atoms with van der Waals surface area (Å²) in [5, 5.41) is 8.70. The molecule has 0 aliphatic heterocycles. The zero-order valence-electron chi connectivity index (χ0n) is 13.4. The van der Waals surface area contributed by atoms with E-state index in [1.54, 1.807) is 0 Å². The fraction of sp³-hybridized carbons (Fsp3) is 0.941. The van der Waals surface area contributed by atoms with Gasteiger partial charge in [-0.05, 0) is 38.1 Å². The molecule has 0 fully saturated rings. The molecule has 0 amide bonds. The van der Waals surface area contributed by atoms with Crippen LogP contribution in [0.2, 0.25) is 0 Å². The summed E-state index contributed by atoms with van der Waals surface area (Å²) in [7, 11) is 0. The lowest BCUT2D eigenvalue weighted by atomic mass is 9.91. The summed E-state index contributed by atoms with van der Waals surface area (Å²) in [6.07, 6.45) is 15.1. The van der Waals surface area contributed by atoms with E-state index in [0.29, 0.717) is 12.3 Å². The first-order valence-corrected chi connectivity index (χ1v) is 8.62. The first kappa shape index (κ1) is 19.4. The van der Waals surface area contributed by atoms with Gasteiger partial charge in [-0.2, -0.15) is 0 Å². The van der Waals surface area contributed by atoms with Gasteiger partial charge in [-0.3, -0.25) is 4.79 Å². The van der Waals surface area contributed by atoms with Gasteiger partial charge >= 0.3 is 5.97 Å². The molecule has 0 radical (unpaired) electrons. The molecule has 1 atom stereocenters. The Bertz CT molecular complexity index is 219. The van der Waals surface area contributed by atoms with Crippen molar-refractivity contribution in [2.45, 2.75) is 90.4 Å². The van der Waals surface area contributed by atoms with E-state index >= 15 is 0 Å². The molecule has 20 heavy (non-hydrogen) atoms. The van der Waals surface area contributed by atoms with Gasteiger partial charge in [-0.1, -0.05) is 58.3 Å². The van der Waals surface area contributed by atoms with Crippen molar-refractivity contribution in [1.82, 2.24) is 0 Å². The fourth-order valence-corrected chi connectivity index (χ4v) is 2.77. The van der Waals surface area contributed by atoms with E-state index in [1.807, 2.05) is 0 Å². The second-order valence-corrected chi connectivity index (χ2v) is 5.99. The van der Waals surface area contributed by atoms with E-state index in [-0.39, 0.29) is 0 Å². The lowest BCUT2D eigenvalue weighted by Gasteiger charge is -2.16. The standard InChI is InChI=1S/C17H35NO2/c1-2-3-4-5-6-7-8-11-16(13-10-15-18)12-9-14-17(19)20/h16H,2-15,18H2,1H3,(H,19,20). The second kappa shape index (κ2) is 14.8. The molecule has 1 unspecified atom stereocenters. The summed E-state index contributed by atoms with van der Waals surface area (Å²) in [5.41, 5.74) is 5.58. The van der Waals surface area contributed by atoms with Gasteiger partial charge in [0.05, 0.1) is 0 Å². The van der Waals surface area contributed by atoms with Crippen molar-refractivity contribution in [3.63, 3.8) is 0 Å². The molecule has 0 aromatic heterocycles. The van der Waals surface area contributed by atoms with Crippen LogP contribution in [-0.4, -0.2) is 17.6 Å². The molecule has 3 nitrogen and oxygen atoms in total. The van der Waals surface area contributed by atoms with E-state index in [4.69, 9.17) is 10.8 Å². The van der Waals surface area contributed by atoms with Crippen molar-refractivity contribution in [3.8, 4) is 0 Å². The van der Waals surface area contributed by atoms with Crippen LogP contribution in [0.25, 0.3) is 0 Å². The molecule has 3 N–H and O–H groups in total. The summed E-state index contributed by atoms with van der Waals surface area (Å²) in [5.74, 6) is 0.0204. The maximum absolute atomic E-state index is 10.6. The molecule has 0 heterocycles. The fourth-order valence-electron chi connectivity index (χ4n) is 2.77. The minimum absolute atomic E-state index is 0.316. The highest BCUT2D eigenvalue weighted by Gasteiger charge is 2.09. The van der Waals surface area contributed by atoms with Gasteiger partial charge in [0.15, 0.2) is 0 Å². The SMILES string of the molecule is CCCCCCCCCC(CCCN)CCCC(=O)O. The Hall–Kier alpha value is -0.570. The smallest absolute Gasteiger partial charge is 0.303 e. The molecular formula is C17H35NO2. The number of carboxylic acid groups (broad SMARTS) is 1. The molecular weight excluding hydrogens is 250 g/mol. The predicted octanol–water partition coefficient (Wildman–Crippen LogP) is 4.74. The average molecular weight is 285 g/mol. The third-order valence-electron chi connectivity index (χ3n) is 4.04. The molecule has 0 aromatic rings. The van der Waals surface area contributed by atoms with Crippen molar-refractivity contribution >= 4 is 5.97 Å². The summed E-state index contributed by atoms with van der Waals surface area (Å²) in [6, 6.07) is 0. The maximum atomic E-state index is 10.6. The van der Waals surface area contributed by atoms with Gasteiger partial charge in [0.2, 0.25) is 0 Å². The number of hydrogen-bond acceptors (Lipinski definition) is 2. The van der Waals surface area contributed by atoms with Crippen LogP contribution in [0.1, 0.15) is 90.4 Å². The first-order chi connectivity index (χ1) is 9.70. The van der Waals surface area contributed by atoms with Crippen LogP contribution >= 0.6 is 0 Å². The van der Waals surface area contributed by atoms with Crippen molar-refractivity contribution in [2.75, 3.05) is 6.54 Å². The molecule has 0 aliphatic carbocycles. The summed E-state index contributed by atoms with van der Waals surface area (Å²) in [6.45, 7) is 3.01. The Kier molecular flexibility index (Phi) is 14.4. The van der Waals surface area contributed by atoms with Crippen LogP contribution in [0.5, 0.6) is 0 Å². The average Bonchev–Trinajstić information content (AvgIpc) is 2.42. The lowest BCUT2D eigenvalue weighted by molar-refractivity contribution is -0.137. The summed E-state index contributed by atoms with van der Waals surface area (Å²) >= 11 is 0. The largest absolute Gasteiger partial charge is 0.481 e. The van der Waals surface area contributed by atoms with Crippen LogP contribution in [0.4, 0.5) is 0 Å². The van der Waals surface area contributed by atoms with Crippen molar-refractivity contribution in [3.05, 3.63) is 0 Å². The van der Waals surface area contributed by atoms with E-state index < -0.39 is 5.97 Å². The zero-order valence-corrected chi connectivity index (χ0v) is 13.4. The van der Waals surface area contributed by atoms with Crippen LogP contribution in [0, 0.1) is 5.92 Å². The number of carbonyl (C=O) groups is 1. The van der Waals surface area contributed by atoms with Crippen LogP contribution in [-0.2, 0) is 4.79 Å². The highest BCUT2D eigenvalue weighted by atomic mass is 16.4. The highest BCUT2D eigenvalue weighted by molar-refractivity contribution is 5.66. The Morgan fingerprint density at radius 3 is 2.05 bits per heavy atom. The van der Waals surface area contributed by atoms with Gasteiger partial charge in [0.25, 0.3) is 0 Å². The minimum Gasteiger partial charge on any atom is -0.481 e. The van der Waals surface area contributed by atoms with Gasteiger partial charge in [-0.15, -0.1) is 0 Å². The van der Waals surface area contributed by atoms with E-state index in [9.17, 15) is 4.79 Å². The van der Waals surface area contributed by atoms with E-state index in [1.165, 1.54) is 57.8 Å². The molecule has 0 saturated carbocycles. The molecule has 0 aromatic carbocycles. The molecule has 3 heteroatoms. The maximum Gasteiger partial charge on any atom is 0.303 e. The molecule has 0 bridgehead atoms. The van der Waals surface area contributed by atoms with Gasteiger partial charge in [0.1, 0.15) is 0 Å². The van der Waals surface area contributed by atoms with E-state index in [0.717, 1.165) is 25.8 Å². The number of carboxylic acids is 1. The van der Waals surface area contributed by atoms with Gasteiger partial charge < -0.3 is 10.8 Å².